The maximum absolute atomic E-state index is 10.6. The van der Waals surface area contributed by atoms with Crippen molar-refractivity contribution in [1.29, 1.82) is 0 Å². The third kappa shape index (κ3) is 8.51. The Hall–Kier alpha value is -1.96. The van der Waals surface area contributed by atoms with Gasteiger partial charge in [-0.3, -0.25) is 0 Å². The van der Waals surface area contributed by atoms with Gasteiger partial charge in [-0.2, -0.15) is 0 Å². The molecule has 160 valence electrons. The summed E-state index contributed by atoms with van der Waals surface area (Å²) in [7, 11) is 0. The highest BCUT2D eigenvalue weighted by atomic mass is 16.5. The molecule has 0 bridgehead atoms. The molecule has 2 aromatic rings. The minimum absolute atomic E-state index is 0.254. The number of unbranched alkanes of at least 4 members (excludes halogenated alkanes) is 9. The maximum Gasteiger partial charge on any atom is 0.172 e. The summed E-state index contributed by atoms with van der Waals surface area (Å²) < 4.78 is 6.17. The number of benzene rings is 2. The van der Waals surface area contributed by atoms with Gasteiger partial charge in [0.05, 0.1) is 0 Å². The number of phenols is 1. The zero-order chi connectivity index (χ0) is 20.7. The predicted molar refractivity (Wildman–Crippen MR) is 124 cm³/mol. The number of hydrogen-bond donors (Lipinski definition) is 1. The van der Waals surface area contributed by atoms with Crippen molar-refractivity contribution in [3.63, 3.8) is 0 Å². The molecule has 0 amide bonds. The summed E-state index contributed by atoms with van der Waals surface area (Å²) in [6.07, 6.45) is 16.1. The average Bonchev–Trinajstić information content (AvgIpc) is 2.74. The number of para-hydroxylation sites is 1. The highest BCUT2D eigenvalue weighted by molar-refractivity contribution is 5.52. The van der Waals surface area contributed by atoms with Crippen LogP contribution in [0.15, 0.2) is 42.5 Å². The van der Waals surface area contributed by atoms with Crippen molar-refractivity contribution in [2.75, 3.05) is 0 Å². The summed E-state index contributed by atoms with van der Waals surface area (Å²) >= 11 is 0. The van der Waals surface area contributed by atoms with E-state index in [0.29, 0.717) is 5.75 Å². The van der Waals surface area contributed by atoms with E-state index in [0.717, 1.165) is 25.0 Å². The van der Waals surface area contributed by atoms with Crippen molar-refractivity contribution >= 4 is 0 Å². The summed E-state index contributed by atoms with van der Waals surface area (Å²) in [6.45, 7) is 4.51. The monoisotopic (exact) mass is 396 g/mol. The summed E-state index contributed by atoms with van der Waals surface area (Å²) in [5, 5.41) is 10.6. The zero-order valence-electron chi connectivity index (χ0n) is 18.6. The topological polar surface area (TPSA) is 29.5 Å². The van der Waals surface area contributed by atoms with E-state index in [-0.39, 0.29) is 5.75 Å². The van der Waals surface area contributed by atoms with Gasteiger partial charge >= 0.3 is 0 Å². The van der Waals surface area contributed by atoms with Crippen LogP contribution in [-0.4, -0.2) is 5.11 Å². The molecule has 0 aromatic heterocycles. The molecule has 2 aromatic carbocycles. The van der Waals surface area contributed by atoms with Gasteiger partial charge in [0.1, 0.15) is 5.75 Å². The highest BCUT2D eigenvalue weighted by Gasteiger charge is 2.15. The van der Waals surface area contributed by atoms with E-state index in [2.05, 4.69) is 19.9 Å². The average molecular weight is 397 g/mol. The Balaban J connectivity index is 2.09. The first-order valence-electron chi connectivity index (χ1n) is 11.8. The summed E-state index contributed by atoms with van der Waals surface area (Å²) in [5.74, 6) is 1.70. The Labute approximate surface area is 178 Å². The fraction of sp³-hybridized carbons (Fsp3) is 0.556. The van der Waals surface area contributed by atoms with Gasteiger partial charge < -0.3 is 9.84 Å². The minimum atomic E-state index is 0.254. The van der Waals surface area contributed by atoms with Gasteiger partial charge in [-0.15, -0.1) is 0 Å². The van der Waals surface area contributed by atoms with Gasteiger partial charge in [-0.05, 0) is 49.4 Å². The van der Waals surface area contributed by atoms with Gasteiger partial charge in [0.25, 0.3) is 0 Å². The molecule has 0 aliphatic rings. The standard InChI is InChI=1S/C27H40O2/c1-3-5-7-9-11-16-20-25-23(17-13-10-8-6-4-2)21-22-26(28)27(25)29-24-18-14-12-15-19-24/h12,14-15,18-19,21-22,28H,3-11,13,16-17,20H2,1-2H3. The van der Waals surface area contributed by atoms with Crippen molar-refractivity contribution < 1.29 is 9.84 Å². The SMILES string of the molecule is CCCCCCCCc1c(CCCCCCC)ccc(O)c1Oc1ccccc1. The van der Waals surface area contributed by atoms with Crippen LogP contribution in [0.3, 0.4) is 0 Å². The normalized spacial score (nSPS) is 11.0. The van der Waals surface area contributed by atoms with E-state index in [1.54, 1.807) is 0 Å². The van der Waals surface area contributed by atoms with Gasteiger partial charge in [-0.25, -0.2) is 0 Å². The van der Waals surface area contributed by atoms with Gasteiger partial charge in [0.2, 0.25) is 0 Å². The number of aryl methyl sites for hydroxylation is 1. The van der Waals surface area contributed by atoms with Crippen molar-refractivity contribution in [2.45, 2.75) is 97.3 Å². The minimum Gasteiger partial charge on any atom is -0.504 e. The lowest BCUT2D eigenvalue weighted by Crippen LogP contribution is -2.00. The smallest absolute Gasteiger partial charge is 0.172 e. The molecule has 2 heteroatoms. The summed E-state index contributed by atoms with van der Waals surface area (Å²) in [4.78, 5) is 0. The van der Waals surface area contributed by atoms with Crippen LogP contribution in [0.5, 0.6) is 17.2 Å². The fourth-order valence-electron chi connectivity index (χ4n) is 3.89. The molecule has 2 nitrogen and oxygen atoms in total. The third-order valence-corrected chi connectivity index (χ3v) is 5.63. The molecule has 29 heavy (non-hydrogen) atoms. The molecule has 1 N–H and O–H groups in total. The molecule has 0 atom stereocenters. The molecule has 2 rings (SSSR count). The molecule has 0 heterocycles. The van der Waals surface area contributed by atoms with E-state index in [1.165, 1.54) is 75.3 Å². The van der Waals surface area contributed by atoms with Gasteiger partial charge in [0.15, 0.2) is 11.5 Å². The first kappa shape index (κ1) is 23.3. The maximum atomic E-state index is 10.6. The molecule has 0 saturated heterocycles. The quantitative estimate of drug-likeness (QED) is 0.305. The molecule has 0 radical (unpaired) electrons. The van der Waals surface area contributed by atoms with Crippen LogP contribution in [-0.2, 0) is 12.8 Å². The number of aromatic hydroxyl groups is 1. The first-order chi connectivity index (χ1) is 14.3. The molecule has 0 saturated carbocycles. The second-order valence-corrected chi connectivity index (χ2v) is 8.15. The number of phenolic OH excluding ortho intramolecular Hbond substituents is 1. The first-order valence-corrected chi connectivity index (χ1v) is 11.8. The second kappa shape index (κ2) is 14.1. The summed E-state index contributed by atoms with van der Waals surface area (Å²) in [5.41, 5.74) is 2.55. The largest absolute Gasteiger partial charge is 0.504 e. The van der Waals surface area contributed by atoms with E-state index < -0.39 is 0 Å². The van der Waals surface area contributed by atoms with Crippen LogP contribution in [0.25, 0.3) is 0 Å². The van der Waals surface area contributed by atoms with Crippen molar-refractivity contribution in [3.8, 4) is 17.2 Å². The van der Waals surface area contributed by atoms with Crippen molar-refractivity contribution in [3.05, 3.63) is 53.6 Å². The lowest BCUT2D eigenvalue weighted by molar-refractivity contribution is 0.405. The fourth-order valence-corrected chi connectivity index (χ4v) is 3.89. The van der Waals surface area contributed by atoms with Crippen LogP contribution in [0.1, 0.15) is 95.6 Å². The molecule has 0 unspecified atom stereocenters. The second-order valence-electron chi connectivity index (χ2n) is 8.15. The Morgan fingerprint density at radius 3 is 1.90 bits per heavy atom. The lowest BCUT2D eigenvalue weighted by atomic mass is 9.95. The molecule has 0 fully saturated rings. The van der Waals surface area contributed by atoms with E-state index in [1.807, 2.05) is 36.4 Å². The van der Waals surface area contributed by atoms with Crippen molar-refractivity contribution in [1.82, 2.24) is 0 Å². The Morgan fingerprint density at radius 1 is 0.655 bits per heavy atom. The van der Waals surface area contributed by atoms with Gasteiger partial charge in [-0.1, -0.05) is 95.9 Å². The summed E-state index contributed by atoms with van der Waals surface area (Å²) in [6, 6.07) is 13.7. The highest BCUT2D eigenvalue weighted by Crippen LogP contribution is 2.38. The van der Waals surface area contributed by atoms with Gasteiger partial charge in [0, 0.05) is 5.56 Å². The molecule has 0 aliphatic heterocycles. The molecular weight excluding hydrogens is 356 g/mol. The van der Waals surface area contributed by atoms with E-state index >= 15 is 0 Å². The van der Waals surface area contributed by atoms with E-state index in [4.69, 9.17) is 4.74 Å². The number of rotatable bonds is 15. The Morgan fingerprint density at radius 2 is 1.24 bits per heavy atom. The molecular formula is C27H40O2. The van der Waals surface area contributed by atoms with Crippen LogP contribution >= 0.6 is 0 Å². The lowest BCUT2D eigenvalue weighted by Gasteiger charge is -2.17. The van der Waals surface area contributed by atoms with Crippen molar-refractivity contribution in [2.24, 2.45) is 0 Å². The van der Waals surface area contributed by atoms with Crippen LogP contribution in [0.4, 0.5) is 0 Å². The Bertz CT molecular complexity index is 678. The number of ether oxygens (including phenoxy) is 1. The third-order valence-electron chi connectivity index (χ3n) is 5.63. The Kier molecular flexibility index (Phi) is 11.3. The zero-order valence-corrected chi connectivity index (χ0v) is 18.6. The van der Waals surface area contributed by atoms with E-state index in [9.17, 15) is 5.11 Å². The predicted octanol–water partition coefficient (Wildman–Crippen LogP) is 8.60. The van der Waals surface area contributed by atoms with Crippen LogP contribution in [0.2, 0.25) is 0 Å². The number of hydrogen-bond acceptors (Lipinski definition) is 2. The molecule has 0 spiro atoms. The molecule has 0 aliphatic carbocycles. The van der Waals surface area contributed by atoms with Crippen LogP contribution < -0.4 is 4.74 Å². The van der Waals surface area contributed by atoms with Crippen LogP contribution in [0, 0.1) is 0 Å².